The van der Waals surface area contributed by atoms with Crippen molar-refractivity contribution in [2.24, 2.45) is 0 Å². The van der Waals surface area contributed by atoms with Crippen LogP contribution in [0.1, 0.15) is 18.9 Å². The number of benzene rings is 1. The molecule has 2 unspecified atom stereocenters. The van der Waals surface area contributed by atoms with Crippen LogP contribution >= 0.6 is 0 Å². The SMILES string of the molecule is CC1OCCC1(O)CNCc1ccc(-n2ccnc2)cc1. The Morgan fingerprint density at radius 1 is 1.43 bits per heavy atom. The minimum Gasteiger partial charge on any atom is -0.386 e. The third kappa shape index (κ3) is 3.15. The molecule has 2 heterocycles. The Balaban J connectivity index is 1.54. The molecule has 2 N–H and O–H groups in total. The number of aromatic nitrogens is 2. The second-order valence-electron chi connectivity index (χ2n) is 5.61. The van der Waals surface area contributed by atoms with Crippen molar-refractivity contribution in [2.45, 2.75) is 31.6 Å². The van der Waals surface area contributed by atoms with Crippen LogP contribution in [0.25, 0.3) is 5.69 Å². The van der Waals surface area contributed by atoms with Gasteiger partial charge in [0.1, 0.15) is 5.60 Å². The van der Waals surface area contributed by atoms with Crippen LogP contribution in [0.4, 0.5) is 0 Å². The normalized spacial score (nSPS) is 25.3. The second kappa shape index (κ2) is 5.97. The molecule has 0 spiro atoms. The van der Waals surface area contributed by atoms with Crippen molar-refractivity contribution in [1.82, 2.24) is 14.9 Å². The topological polar surface area (TPSA) is 59.3 Å². The van der Waals surface area contributed by atoms with Gasteiger partial charge in [0.15, 0.2) is 0 Å². The Bertz CT molecular complexity index is 568. The fraction of sp³-hybridized carbons (Fsp3) is 0.438. The summed E-state index contributed by atoms with van der Waals surface area (Å²) in [5.41, 5.74) is 1.54. The lowest BCUT2D eigenvalue weighted by Gasteiger charge is -2.26. The molecule has 0 saturated carbocycles. The van der Waals surface area contributed by atoms with E-state index in [-0.39, 0.29) is 6.10 Å². The first-order valence-electron chi connectivity index (χ1n) is 7.29. The van der Waals surface area contributed by atoms with Crippen molar-refractivity contribution in [1.29, 1.82) is 0 Å². The van der Waals surface area contributed by atoms with Gasteiger partial charge in [0.05, 0.1) is 12.4 Å². The van der Waals surface area contributed by atoms with Crippen LogP contribution in [0.3, 0.4) is 0 Å². The number of ether oxygens (including phenoxy) is 1. The molecule has 1 fully saturated rings. The van der Waals surface area contributed by atoms with Gasteiger partial charge < -0.3 is 19.7 Å². The fourth-order valence-electron chi connectivity index (χ4n) is 2.62. The number of rotatable bonds is 5. The van der Waals surface area contributed by atoms with E-state index < -0.39 is 5.60 Å². The number of hydrogen-bond acceptors (Lipinski definition) is 4. The standard InChI is InChI=1S/C16H21N3O2/c1-13-16(20,6-9-21-13)11-18-10-14-2-4-15(5-3-14)19-8-7-17-12-19/h2-5,7-8,12-13,18,20H,6,9-11H2,1H3. The molecule has 0 radical (unpaired) electrons. The van der Waals surface area contributed by atoms with Crippen LogP contribution in [-0.2, 0) is 11.3 Å². The van der Waals surface area contributed by atoms with Crippen molar-refractivity contribution < 1.29 is 9.84 Å². The minimum absolute atomic E-state index is 0.103. The van der Waals surface area contributed by atoms with Crippen molar-refractivity contribution in [3.8, 4) is 5.69 Å². The highest BCUT2D eigenvalue weighted by atomic mass is 16.5. The van der Waals surface area contributed by atoms with Crippen molar-refractivity contribution in [3.05, 3.63) is 48.5 Å². The highest BCUT2D eigenvalue weighted by Crippen LogP contribution is 2.24. The van der Waals surface area contributed by atoms with E-state index in [2.05, 4.69) is 34.6 Å². The Morgan fingerprint density at radius 3 is 2.86 bits per heavy atom. The van der Waals surface area contributed by atoms with E-state index in [0.717, 1.165) is 12.2 Å². The molecule has 2 atom stereocenters. The maximum absolute atomic E-state index is 10.4. The van der Waals surface area contributed by atoms with Gasteiger partial charge in [-0.05, 0) is 24.6 Å². The predicted octanol–water partition coefficient (Wildman–Crippen LogP) is 1.50. The summed E-state index contributed by atoms with van der Waals surface area (Å²) in [4.78, 5) is 4.04. The van der Waals surface area contributed by atoms with E-state index in [1.807, 2.05) is 17.7 Å². The summed E-state index contributed by atoms with van der Waals surface area (Å²) >= 11 is 0. The van der Waals surface area contributed by atoms with Crippen LogP contribution in [-0.4, -0.2) is 39.5 Å². The number of aliphatic hydroxyl groups is 1. The molecule has 21 heavy (non-hydrogen) atoms. The average Bonchev–Trinajstić information content (AvgIpc) is 3.12. The molecule has 0 amide bonds. The van der Waals surface area contributed by atoms with Crippen molar-refractivity contribution >= 4 is 0 Å². The fourth-order valence-corrected chi connectivity index (χ4v) is 2.62. The molecule has 1 saturated heterocycles. The minimum atomic E-state index is -0.739. The van der Waals surface area contributed by atoms with Crippen molar-refractivity contribution in [2.75, 3.05) is 13.2 Å². The van der Waals surface area contributed by atoms with E-state index >= 15 is 0 Å². The Kier molecular flexibility index (Phi) is 4.05. The molecule has 3 rings (SSSR count). The van der Waals surface area contributed by atoms with E-state index in [4.69, 9.17) is 4.74 Å². The molecule has 0 aliphatic carbocycles. The lowest BCUT2D eigenvalue weighted by Crippen LogP contribution is -2.45. The monoisotopic (exact) mass is 287 g/mol. The summed E-state index contributed by atoms with van der Waals surface area (Å²) in [7, 11) is 0. The summed E-state index contributed by atoms with van der Waals surface area (Å²) in [5, 5.41) is 13.7. The largest absolute Gasteiger partial charge is 0.386 e. The van der Waals surface area contributed by atoms with Gasteiger partial charge in [-0.15, -0.1) is 0 Å². The number of hydrogen-bond donors (Lipinski definition) is 2. The Labute approximate surface area is 124 Å². The van der Waals surface area contributed by atoms with Gasteiger partial charge in [0.25, 0.3) is 0 Å². The first kappa shape index (κ1) is 14.3. The predicted molar refractivity (Wildman–Crippen MR) is 80.3 cm³/mol. The molecule has 5 heteroatoms. The maximum atomic E-state index is 10.4. The summed E-state index contributed by atoms with van der Waals surface area (Å²) < 4.78 is 7.40. The third-order valence-electron chi connectivity index (χ3n) is 4.16. The Hall–Kier alpha value is -1.69. The summed E-state index contributed by atoms with van der Waals surface area (Å²) in [5.74, 6) is 0. The zero-order chi connectivity index (χ0) is 14.7. The molecule has 1 aromatic carbocycles. The smallest absolute Gasteiger partial charge is 0.105 e. The summed E-state index contributed by atoms with van der Waals surface area (Å²) in [6.07, 6.45) is 6.06. The number of nitrogens with zero attached hydrogens (tertiary/aromatic N) is 2. The lowest BCUT2D eigenvalue weighted by atomic mass is 9.96. The molecule has 1 aliphatic heterocycles. The zero-order valence-corrected chi connectivity index (χ0v) is 12.2. The highest BCUT2D eigenvalue weighted by molar-refractivity contribution is 5.34. The summed E-state index contributed by atoms with van der Waals surface area (Å²) in [6, 6.07) is 8.30. The van der Waals surface area contributed by atoms with Crippen LogP contribution in [0.2, 0.25) is 0 Å². The van der Waals surface area contributed by atoms with Gasteiger partial charge >= 0.3 is 0 Å². The molecule has 0 bridgehead atoms. The van der Waals surface area contributed by atoms with Gasteiger partial charge in [-0.2, -0.15) is 0 Å². The molecular weight excluding hydrogens is 266 g/mol. The lowest BCUT2D eigenvalue weighted by molar-refractivity contribution is -0.0262. The molecule has 1 aromatic heterocycles. The third-order valence-corrected chi connectivity index (χ3v) is 4.16. The van der Waals surface area contributed by atoms with Gasteiger partial charge in [-0.25, -0.2) is 4.98 Å². The molecular formula is C16H21N3O2. The molecule has 112 valence electrons. The van der Waals surface area contributed by atoms with Gasteiger partial charge in [0, 0.05) is 44.2 Å². The van der Waals surface area contributed by atoms with Crippen molar-refractivity contribution in [3.63, 3.8) is 0 Å². The first-order valence-corrected chi connectivity index (χ1v) is 7.29. The van der Waals surface area contributed by atoms with E-state index in [9.17, 15) is 5.11 Å². The molecule has 2 aromatic rings. The zero-order valence-electron chi connectivity index (χ0n) is 12.2. The van der Waals surface area contributed by atoms with E-state index in [1.165, 1.54) is 5.56 Å². The van der Waals surface area contributed by atoms with Crippen LogP contribution in [0, 0.1) is 0 Å². The number of nitrogens with one attached hydrogen (secondary N) is 1. The second-order valence-corrected chi connectivity index (χ2v) is 5.61. The highest BCUT2D eigenvalue weighted by Gasteiger charge is 2.38. The quantitative estimate of drug-likeness (QED) is 0.875. The summed E-state index contributed by atoms with van der Waals surface area (Å²) in [6.45, 7) is 3.85. The Morgan fingerprint density at radius 2 is 2.24 bits per heavy atom. The first-order chi connectivity index (χ1) is 10.2. The number of imidazole rings is 1. The van der Waals surface area contributed by atoms with Gasteiger partial charge in [-0.1, -0.05) is 12.1 Å². The average molecular weight is 287 g/mol. The molecule has 5 nitrogen and oxygen atoms in total. The van der Waals surface area contributed by atoms with Crippen LogP contribution in [0.5, 0.6) is 0 Å². The van der Waals surface area contributed by atoms with E-state index in [0.29, 0.717) is 19.6 Å². The van der Waals surface area contributed by atoms with Crippen LogP contribution < -0.4 is 5.32 Å². The maximum Gasteiger partial charge on any atom is 0.105 e. The van der Waals surface area contributed by atoms with Crippen LogP contribution in [0.15, 0.2) is 43.0 Å². The van der Waals surface area contributed by atoms with E-state index in [1.54, 1.807) is 12.5 Å². The molecule has 1 aliphatic rings. The van der Waals surface area contributed by atoms with Gasteiger partial charge in [0.2, 0.25) is 0 Å². The van der Waals surface area contributed by atoms with Gasteiger partial charge in [-0.3, -0.25) is 0 Å².